The summed E-state index contributed by atoms with van der Waals surface area (Å²) in [6, 6.07) is 8.92. The molecule has 1 unspecified atom stereocenters. The Labute approximate surface area is 117 Å². The van der Waals surface area contributed by atoms with Gasteiger partial charge in [-0.2, -0.15) is 0 Å². The molecule has 1 N–H and O–H groups in total. The Morgan fingerprint density at radius 2 is 1.84 bits per heavy atom. The third-order valence-corrected chi connectivity index (χ3v) is 4.48. The van der Waals surface area contributed by atoms with Crippen LogP contribution in [0.15, 0.2) is 24.3 Å². The number of aliphatic hydroxyl groups excluding tert-OH is 1. The number of piperidine rings is 1. The van der Waals surface area contributed by atoms with Crippen molar-refractivity contribution in [1.82, 2.24) is 4.90 Å². The van der Waals surface area contributed by atoms with Gasteiger partial charge in [0, 0.05) is 5.92 Å². The molecule has 19 heavy (non-hydrogen) atoms. The molecule has 0 bridgehead atoms. The molecule has 1 saturated heterocycles. The van der Waals surface area contributed by atoms with E-state index >= 15 is 0 Å². The third-order valence-electron chi connectivity index (χ3n) is 4.48. The average molecular weight is 261 g/mol. The number of hydrogen-bond acceptors (Lipinski definition) is 2. The Bertz CT molecular complexity index is 365. The van der Waals surface area contributed by atoms with Crippen LogP contribution in [0.1, 0.15) is 43.2 Å². The van der Waals surface area contributed by atoms with Crippen molar-refractivity contribution < 1.29 is 5.11 Å². The number of aryl methyl sites for hydroxylation is 1. The van der Waals surface area contributed by atoms with E-state index in [1.807, 2.05) is 0 Å². The molecule has 2 heteroatoms. The Hall–Kier alpha value is -0.860. The smallest absolute Gasteiger partial charge is 0.0502 e. The summed E-state index contributed by atoms with van der Waals surface area (Å²) in [6.45, 7) is 4.81. The third kappa shape index (κ3) is 3.80. The molecule has 1 aliphatic heterocycles. The van der Waals surface area contributed by atoms with Crippen LogP contribution in [0.5, 0.6) is 0 Å². The Balaban J connectivity index is 2.04. The van der Waals surface area contributed by atoms with Gasteiger partial charge in [-0.25, -0.2) is 0 Å². The fourth-order valence-electron chi connectivity index (χ4n) is 3.18. The number of hydrogen-bond donors (Lipinski definition) is 1. The van der Waals surface area contributed by atoms with Crippen LogP contribution in [0.2, 0.25) is 0 Å². The summed E-state index contributed by atoms with van der Waals surface area (Å²) in [5, 5.41) is 9.76. The summed E-state index contributed by atoms with van der Waals surface area (Å²) in [5.41, 5.74) is 2.73. The van der Waals surface area contributed by atoms with Crippen LogP contribution in [0.3, 0.4) is 0 Å². The number of likely N-dealkylation sites (tertiary alicyclic amines) is 1. The van der Waals surface area contributed by atoms with E-state index in [0.717, 1.165) is 19.5 Å². The van der Waals surface area contributed by atoms with Gasteiger partial charge >= 0.3 is 0 Å². The average Bonchev–Trinajstić information content (AvgIpc) is 2.44. The van der Waals surface area contributed by atoms with E-state index in [4.69, 9.17) is 0 Å². The summed E-state index contributed by atoms with van der Waals surface area (Å²) >= 11 is 0. The predicted molar refractivity (Wildman–Crippen MR) is 80.5 cm³/mol. The molecule has 0 saturated carbocycles. The summed E-state index contributed by atoms with van der Waals surface area (Å²) in [6.07, 6.45) is 4.76. The molecule has 0 aromatic heterocycles. The number of nitrogens with zero attached hydrogens (tertiary/aromatic N) is 1. The van der Waals surface area contributed by atoms with Crippen molar-refractivity contribution in [2.45, 2.75) is 38.5 Å². The van der Waals surface area contributed by atoms with E-state index < -0.39 is 0 Å². The second kappa shape index (κ2) is 7.06. The first-order valence-electron chi connectivity index (χ1n) is 7.62. The largest absolute Gasteiger partial charge is 0.396 e. The van der Waals surface area contributed by atoms with Gasteiger partial charge in [-0.1, -0.05) is 37.6 Å². The minimum absolute atomic E-state index is 0.279. The summed E-state index contributed by atoms with van der Waals surface area (Å²) in [7, 11) is 2.18. The standard InChI is InChI=1S/C17H27NO/c1-3-4-14-5-7-15(8-6-14)17(13-19)16-9-11-18(2)12-10-16/h5-8,16-17,19H,3-4,9-13H2,1-2H3. The van der Waals surface area contributed by atoms with E-state index in [1.165, 1.54) is 30.4 Å². The topological polar surface area (TPSA) is 23.5 Å². The van der Waals surface area contributed by atoms with Crippen LogP contribution in [0.4, 0.5) is 0 Å². The van der Waals surface area contributed by atoms with Crippen molar-refractivity contribution in [3.63, 3.8) is 0 Å². The zero-order valence-electron chi connectivity index (χ0n) is 12.3. The van der Waals surface area contributed by atoms with E-state index in [1.54, 1.807) is 0 Å². The predicted octanol–water partition coefficient (Wildman–Crippen LogP) is 3.06. The molecule has 2 rings (SSSR count). The van der Waals surface area contributed by atoms with Crippen LogP contribution in [-0.4, -0.2) is 36.8 Å². The summed E-state index contributed by atoms with van der Waals surface area (Å²) < 4.78 is 0. The Morgan fingerprint density at radius 1 is 1.21 bits per heavy atom. The second-order valence-electron chi connectivity index (χ2n) is 5.92. The van der Waals surface area contributed by atoms with Crippen LogP contribution in [-0.2, 0) is 6.42 Å². The fraction of sp³-hybridized carbons (Fsp3) is 0.647. The zero-order chi connectivity index (χ0) is 13.7. The monoisotopic (exact) mass is 261 g/mol. The van der Waals surface area contributed by atoms with Crippen molar-refractivity contribution in [2.24, 2.45) is 5.92 Å². The van der Waals surface area contributed by atoms with Gasteiger partial charge in [-0.3, -0.25) is 0 Å². The molecule has 106 valence electrons. The molecule has 0 aliphatic carbocycles. The normalized spacial score (nSPS) is 19.5. The van der Waals surface area contributed by atoms with E-state index in [9.17, 15) is 5.11 Å². The minimum Gasteiger partial charge on any atom is -0.396 e. The lowest BCUT2D eigenvalue weighted by Crippen LogP contribution is -2.33. The van der Waals surface area contributed by atoms with Crippen molar-refractivity contribution in [3.8, 4) is 0 Å². The first kappa shape index (κ1) is 14.5. The van der Waals surface area contributed by atoms with Crippen LogP contribution in [0, 0.1) is 5.92 Å². The highest BCUT2D eigenvalue weighted by Crippen LogP contribution is 2.32. The SMILES string of the molecule is CCCc1ccc(C(CO)C2CCN(C)CC2)cc1. The molecular formula is C17H27NO. The van der Waals surface area contributed by atoms with Crippen LogP contribution in [0.25, 0.3) is 0 Å². The maximum absolute atomic E-state index is 9.76. The quantitative estimate of drug-likeness (QED) is 0.880. The molecule has 1 aliphatic rings. The van der Waals surface area contributed by atoms with E-state index in [-0.39, 0.29) is 6.61 Å². The molecule has 0 radical (unpaired) electrons. The lowest BCUT2D eigenvalue weighted by molar-refractivity contribution is 0.156. The summed E-state index contributed by atoms with van der Waals surface area (Å²) in [4.78, 5) is 2.38. The minimum atomic E-state index is 0.279. The van der Waals surface area contributed by atoms with Crippen LogP contribution >= 0.6 is 0 Å². The van der Waals surface area contributed by atoms with Crippen molar-refractivity contribution in [2.75, 3.05) is 26.7 Å². The van der Waals surface area contributed by atoms with Crippen molar-refractivity contribution in [3.05, 3.63) is 35.4 Å². The molecule has 1 aromatic carbocycles. The lowest BCUT2D eigenvalue weighted by atomic mass is 9.80. The molecular weight excluding hydrogens is 234 g/mol. The highest BCUT2D eigenvalue weighted by Gasteiger charge is 2.25. The molecule has 1 heterocycles. The van der Waals surface area contributed by atoms with E-state index in [0.29, 0.717) is 11.8 Å². The van der Waals surface area contributed by atoms with E-state index in [2.05, 4.69) is 43.1 Å². The summed E-state index contributed by atoms with van der Waals surface area (Å²) in [5.74, 6) is 0.961. The molecule has 2 nitrogen and oxygen atoms in total. The van der Waals surface area contributed by atoms with Gasteiger partial charge < -0.3 is 10.0 Å². The first-order chi connectivity index (χ1) is 9.24. The first-order valence-corrected chi connectivity index (χ1v) is 7.62. The fourth-order valence-corrected chi connectivity index (χ4v) is 3.18. The Kier molecular flexibility index (Phi) is 5.41. The Morgan fingerprint density at radius 3 is 2.37 bits per heavy atom. The zero-order valence-corrected chi connectivity index (χ0v) is 12.3. The maximum atomic E-state index is 9.76. The van der Waals surface area contributed by atoms with Gasteiger partial charge in [0.15, 0.2) is 0 Å². The number of rotatable bonds is 5. The van der Waals surface area contributed by atoms with Gasteiger partial charge in [0.05, 0.1) is 6.61 Å². The van der Waals surface area contributed by atoms with Gasteiger partial charge in [0.1, 0.15) is 0 Å². The van der Waals surface area contributed by atoms with Crippen molar-refractivity contribution >= 4 is 0 Å². The van der Waals surface area contributed by atoms with Gasteiger partial charge in [-0.05, 0) is 56.4 Å². The second-order valence-corrected chi connectivity index (χ2v) is 5.92. The maximum Gasteiger partial charge on any atom is 0.0502 e. The molecule has 1 fully saturated rings. The molecule has 0 spiro atoms. The number of aliphatic hydroxyl groups is 1. The highest BCUT2D eigenvalue weighted by atomic mass is 16.3. The highest BCUT2D eigenvalue weighted by molar-refractivity contribution is 5.26. The number of benzene rings is 1. The molecule has 1 atom stereocenters. The molecule has 1 aromatic rings. The van der Waals surface area contributed by atoms with Crippen molar-refractivity contribution in [1.29, 1.82) is 0 Å². The lowest BCUT2D eigenvalue weighted by Gasteiger charge is -2.33. The van der Waals surface area contributed by atoms with Gasteiger partial charge in [-0.15, -0.1) is 0 Å². The van der Waals surface area contributed by atoms with Gasteiger partial charge in [0.2, 0.25) is 0 Å². The van der Waals surface area contributed by atoms with Gasteiger partial charge in [0.25, 0.3) is 0 Å². The molecule has 0 amide bonds. The van der Waals surface area contributed by atoms with Crippen LogP contribution < -0.4 is 0 Å².